The number of nitrogens with zero attached hydrogens (tertiary/aromatic N) is 5. The molecular formula is C52H69N9O8. The molecule has 8 rings (SSSR count). The molecule has 6 heterocycles. The summed E-state index contributed by atoms with van der Waals surface area (Å²) < 4.78 is 28.8. The number of likely N-dealkylation sites (tertiary alicyclic amines) is 1. The van der Waals surface area contributed by atoms with E-state index in [2.05, 4.69) is 42.6 Å². The van der Waals surface area contributed by atoms with Gasteiger partial charge in [0.1, 0.15) is 29.3 Å². The fourth-order valence-corrected chi connectivity index (χ4v) is 10.2. The molecule has 2 saturated heterocycles. The number of rotatable bonds is 24. The van der Waals surface area contributed by atoms with Crippen LogP contribution in [0, 0.1) is 11.8 Å². The molecule has 3 fully saturated rings. The van der Waals surface area contributed by atoms with Crippen molar-refractivity contribution >= 4 is 45.5 Å². The van der Waals surface area contributed by atoms with Crippen molar-refractivity contribution in [3.05, 3.63) is 90.5 Å². The molecule has 3 amide bonds. The molecule has 1 unspecified atom stereocenters. The SMILES string of the molecule is COc1ccccc1[C@@H](N)CC(=O)N1CC(C2CCCCC2)C[C@H]1C(=O)N[C@@H](Cc1ccncc1)C(=O)NCCOCCOCCOCCOC1CCN(c2ccc3c(n2)[nH]c2ccncc23)CC1. The van der Waals surface area contributed by atoms with Gasteiger partial charge < -0.3 is 54.8 Å². The summed E-state index contributed by atoms with van der Waals surface area (Å²) in [6.45, 7) is 5.41. The lowest BCUT2D eigenvalue weighted by molar-refractivity contribution is -0.139. The number of aromatic nitrogens is 4. The maximum Gasteiger partial charge on any atom is 0.243 e. The van der Waals surface area contributed by atoms with E-state index in [-0.39, 0.29) is 55.7 Å². The number of benzene rings is 1. The highest BCUT2D eigenvalue weighted by Gasteiger charge is 2.43. The molecule has 1 aliphatic carbocycles. The van der Waals surface area contributed by atoms with Gasteiger partial charge in [-0.25, -0.2) is 4.98 Å². The quantitative estimate of drug-likeness (QED) is 0.0582. The number of pyridine rings is 3. The Labute approximate surface area is 404 Å². The number of aromatic amines is 1. The van der Waals surface area contributed by atoms with Gasteiger partial charge >= 0.3 is 0 Å². The highest BCUT2D eigenvalue weighted by molar-refractivity contribution is 6.05. The first-order valence-electron chi connectivity index (χ1n) is 24.8. The summed E-state index contributed by atoms with van der Waals surface area (Å²) in [6, 6.07) is 15.1. The minimum atomic E-state index is -0.878. The second-order valence-corrected chi connectivity index (χ2v) is 18.4. The zero-order valence-corrected chi connectivity index (χ0v) is 39.9. The molecular weight excluding hydrogens is 879 g/mol. The molecule has 4 atom stereocenters. The molecule has 0 bridgehead atoms. The summed E-state index contributed by atoms with van der Waals surface area (Å²) in [5.41, 5.74) is 10.1. The largest absolute Gasteiger partial charge is 0.496 e. The molecule has 5 aromatic rings. The van der Waals surface area contributed by atoms with E-state index in [0.29, 0.717) is 64.3 Å². The lowest BCUT2D eigenvalue weighted by Gasteiger charge is -2.32. The van der Waals surface area contributed by atoms with E-state index in [0.717, 1.165) is 90.5 Å². The van der Waals surface area contributed by atoms with E-state index in [1.807, 2.05) is 48.7 Å². The summed E-state index contributed by atoms with van der Waals surface area (Å²) in [5.74, 6) is 1.39. The highest BCUT2D eigenvalue weighted by atomic mass is 16.6. The molecule has 0 radical (unpaired) electrons. The molecule has 370 valence electrons. The highest BCUT2D eigenvalue weighted by Crippen LogP contribution is 2.39. The first-order chi connectivity index (χ1) is 33.8. The lowest BCUT2D eigenvalue weighted by atomic mass is 9.79. The molecule has 1 saturated carbocycles. The Kier molecular flexibility index (Phi) is 18.2. The number of piperidine rings is 1. The number of hydrogen-bond donors (Lipinski definition) is 4. The van der Waals surface area contributed by atoms with Crippen molar-refractivity contribution in [1.29, 1.82) is 0 Å². The number of ether oxygens (including phenoxy) is 5. The number of methoxy groups -OCH3 is 1. The maximum absolute atomic E-state index is 14.3. The van der Waals surface area contributed by atoms with Crippen LogP contribution in [0.4, 0.5) is 5.82 Å². The van der Waals surface area contributed by atoms with Crippen LogP contribution in [-0.2, 0) is 39.8 Å². The smallest absolute Gasteiger partial charge is 0.243 e. The minimum absolute atomic E-state index is 0.0294. The Hall–Kier alpha value is -5.72. The number of carbonyl (C=O) groups excluding carboxylic acids is 3. The number of anilines is 1. The van der Waals surface area contributed by atoms with E-state index in [1.165, 1.54) is 6.42 Å². The van der Waals surface area contributed by atoms with Gasteiger partial charge in [-0.2, -0.15) is 0 Å². The fraction of sp³-hybridized carbons (Fsp3) is 0.538. The van der Waals surface area contributed by atoms with Gasteiger partial charge in [0.15, 0.2) is 0 Å². The first-order valence-corrected chi connectivity index (χ1v) is 24.8. The van der Waals surface area contributed by atoms with Crippen LogP contribution < -0.4 is 26.0 Å². The number of fused-ring (bicyclic) bond motifs is 3. The van der Waals surface area contributed by atoms with E-state index in [4.69, 9.17) is 34.4 Å². The number of para-hydroxylation sites is 1. The van der Waals surface area contributed by atoms with Crippen molar-refractivity contribution in [3.8, 4) is 5.75 Å². The van der Waals surface area contributed by atoms with Gasteiger partial charge in [0, 0.05) is 86.2 Å². The van der Waals surface area contributed by atoms with Crippen LogP contribution in [0.3, 0.4) is 0 Å². The summed E-state index contributed by atoms with van der Waals surface area (Å²) in [6.07, 6.45) is 15.6. The molecule has 2 aliphatic heterocycles. The van der Waals surface area contributed by atoms with Crippen LogP contribution in [-0.4, -0.2) is 140 Å². The van der Waals surface area contributed by atoms with Gasteiger partial charge in [0.05, 0.1) is 65.0 Å². The Morgan fingerprint density at radius 2 is 1.54 bits per heavy atom. The maximum atomic E-state index is 14.3. The van der Waals surface area contributed by atoms with Gasteiger partial charge in [-0.1, -0.05) is 50.3 Å². The van der Waals surface area contributed by atoms with E-state index < -0.39 is 18.1 Å². The van der Waals surface area contributed by atoms with Crippen LogP contribution in [0.25, 0.3) is 21.9 Å². The second kappa shape index (κ2) is 25.2. The summed E-state index contributed by atoms with van der Waals surface area (Å²) in [5, 5.41) is 8.15. The second-order valence-electron chi connectivity index (χ2n) is 18.4. The molecule has 5 N–H and O–H groups in total. The molecule has 3 aliphatic rings. The van der Waals surface area contributed by atoms with Crippen LogP contribution >= 0.6 is 0 Å². The Morgan fingerprint density at radius 3 is 2.30 bits per heavy atom. The molecule has 17 heteroatoms. The standard InChI is InChI=1S/C52H69N9O8/c1-65-47-10-6-5-9-41(47)43(53)33-49(62)61-35-38(37-7-3-2-4-8-37)32-46(61)52(64)58-45(31-36-13-18-54-19-14-36)51(63)56-21-24-66-25-26-67-27-28-68-29-30-69-39-16-22-60(23-17-39)48-12-11-40-42-34-55-20-15-44(42)57-50(40)59-48/h5-6,9-15,18-20,34,37-39,43,45-46H,2-4,7-8,16-17,21-33,35,53H2,1H3,(H,56,63)(H,57,59)(H,58,64)/t38?,43-,45-,46-/m0/s1. The van der Waals surface area contributed by atoms with E-state index in [1.54, 1.807) is 30.6 Å². The lowest BCUT2D eigenvalue weighted by Crippen LogP contribution is -2.54. The van der Waals surface area contributed by atoms with Crippen molar-refractivity contribution in [2.45, 2.75) is 88.4 Å². The molecule has 4 aromatic heterocycles. The van der Waals surface area contributed by atoms with Crippen LogP contribution in [0.5, 0.6) is 5.75 Å². The first kappa shape index (κ1) is 49.7. The summed E-state index contributed by atoms with van der Waals surface area (Å²) in [7, 11) is 1.58. The average molecular weight is 948 g/mol. The number of nitrogens with one attached hydrogen (secondary N) is 3. The topological polar surface area (TPSA) is 208 Å². The van der Waals surface area contributed by atoms with Gasteiger partial charge in [0.25, 0.3) is 0 Å². The number of carbonyl (C=O) groups is 3. The zero-order chi connectivity index (χ0) is 47.8. The summed E-state index contributed by atoms with van der Waals surface area (Å²) in [4.78, 5) is 62.7. The third-order valence-corrected chi connectivity index (χ3v) is 13.9. The molecule has 69 heavy (non-hydrogen) atoms. The fourth-order valence-electron chi connectivity index (χ4n) is 10.2. The Balaban J connectivity index is 0.717. The predicted octanol–water partition coefficient (Wildman–Crippen LogP) is 5.28. The third kappa shape index (κ3) is 13.5. The summed E-state index contributed by atoms with van der Waals surface area (Å²) >= 11 is 0. The Morgan fingerprint density at radius 1 is 0.812 bits per heavy atom. The van der Waals surface area contributed by atoms with Crippen LogP contribution in [0.1, 0.15) is 75.0 Å². The number of H-pyrrole nitrogens is 1. The van der Waals surface area contributed by atoms with Gasteiger partial charge in [-0.3, -0.25) is 24.4 Å². The third-order valence-electron chi connectivity index (χ3n) is 13.9. The van der Waals surface area contributed by atoms with Gasteiger partial charge in [-0.05, 0) is 73.1 Å². The molecule has 1 aromatic carbocycles. The van der Waals surface area contributed by atoms with E-state index >= 15 is 0 Å². The number of amides is 3. The molecule has 0 spiro atoms. The normalized spacial score (nSPS) is 18.9. The monoisotopic (exact) mass is 948 g/mol. The van der Waals surface area contributed by atoms with Crippen molar-refractivity contribution in [2.24, 2.45) is 17.6 Å². The predicted molar refractivity (Wildman–Crippen MR) is 263 cm³/mol. The zero-order valence-electron chi connectivity index (χ0n) is 39.9. The molecule has 17 nitrogen and oxygen atoms in total. The average Bonchev–Trinajstić information content (AvgIpc) is 4.01. The number of hydrogen-bond acceptors (Lipinski definition) is 13. The van der Waals surface area contributed by atoms with Gasteiger partial charge in [-0.15, -0.1) is 0 Å². The van der Waals surface area contributed by atoms with E-state index in [9.17, 15) is 14.4 Å². The van der Waals surface area contributed by atoms with Crippen molar-refractivity contribution in [1.82, 2.24) is 35.5 Å². The number of nitrogens with two attached hydrogens (primary N) is 1. The van der Waals surface area contributed by atoms with Crippen LogP contribution in [0.15, 0.2) is 79.4 Å². The van der Waals surface area contributed by atoms with Crippen molar-refractivity contribution in [3.63, 3.8) is 0 Å². The van der Waals surface area contributed by atoms with Crippen molar-refractivity contribution < 1.29 is 38.1 Å². The van der Waals surface area contributed by atoms with Gasteiger partial charge in [0.2, 0.25) is 17.7 Å². The van der Waals surface area contributed by atoms with Crippen LogP contribution in [0.2, 0.25) is 0 Å². The van der Waals surface area contributed by atoms with Crippen molar-refractivity contribution in [2.75, 3.05) is 84.4 Å². The Bertz CT molecular complexity index is 2410. The minimum Gasteiger partial charge on any atom is -0.496 e.